The number of nitrogens with one attached hydrogen (secondary N) is 2. The summed E-state index contributed by atoms with van der Waals surface area (Å²) in [7, 11) is -3.61. The van der Waals surface area contributed by atoms with Crippen molar-refractivity contribution in [3.63, 3.8) is 0 Å². The molecule has 1 aliphatic rings. The lowest BCUT2D eigenvalue weighted by atomic mass is 10.2. The van der Waals surface area contributed by atoms with Crippen molar-refractivity contribution in [2.45, 2.75) is 30.1 Å². The van der Waals surface area contributed by atoms with E-state index in [0.717, 1.165) is 24.4 Å². The van der Waals surface area contributed by atoms with Gasteiger partial charge in [0.15, 0.2) is 0 Å². The lowest BCUT2D eigenvalue weighted by Crippen LogP contribution is -2.57. The maximum absolute atomic E-state index is 12.3. The van der Waals surface area contributed by atoms with Gasteiger partial charge in [-0.1, -0.05) is 6.07 Å². The predicted molar refractivity (Wildman–Crippen MR) is 78.1 cm³/mol. The van der Waals surface area contributed by atoms with Crippen LogP contribution in [0.5, 0.6) is 0 Å². The van der Waals surface area contributed by atoms with Gasteiger partial charge in [-0.2, -0.15) is 4.72 Å². The third-order valence-electron chi connectivity index (χ3n) is 3.25. The summed E-state index contributed by atoms with van der Waals surface area (Å²) in [6, 6.07) is 2.51. The van der Waals surface area contributed by atoms with Gasteiger partial charge in [-0.05, 0) is 25.3 Å². The van der Waals surface area contributed by atoms with Gasteiger partial charge in [-0.25, -0.2) is 8.42 Å². The standard InChI is InChI=1S/C12H19N3O3S2/c1-9-8-13-5-6-15(9)12(16)10(2)14-20(17,18)11-4-3-7-19-11/h3-4,7,9-10,13-14H,5-6,8H2,1-2H3/t9-,10?/m0/s1. The van der Waals surface area contributed by atoms with E-state index in [1.165, 1.54) is 6.07 Å². The topological polar surface area (TPSA) is 78.5 Å². The molecule has 1 unspecified atom stereocenters. The molecule has 2 N–H and O–H groups in total. The molecule has 1 amide bonds. The zero-order chi connectivity index (χ0) is 14.8. The molecule has 1 fully saturated rings. The van der Waals surface area contributed by atoms with Crippen LogP contribution in [0.15, 0.2) is 21.7 Å². The SMILES string of the molecule is CC(NS(=O)(=O)c1cccs1)C(=O)N1CCNC[C@@H]1C. The smallest absolute Gasteiger partial charge is 0.250 e. The molecule has 2 heterocycles. The summed E-state index contributed by atoms with van der Waals surface area (Å²) in [6.07, 6.45) is 0. The second-order valence-corrected chi connectivity index (χ2v) is 7.75. The molecule has 20 heavy (non-hydrogen) atoms. The molecule has 2 rings (SSSR count). The Balaban J connectivity index is 2.04. The van der Waals surface area contributed by atoms with Crippen LogP contribution in [0.4, 0.5) is 0 Å². The second-order valence-electron chi connectivity index (χ2n) is 4.86. The summed E-state index contributed by atoms with van der Waals surface area (Å²) in [6.45, 7) is 5.61. The Bertz CT molecular complexity index is 557. The van der Waals surface area contributed by atoms with Gasteiger partial charge in [0.25, 0.3) is 10.0 Å². The Morgan fingerprint density at radius 3 is 2.95 bits per heavy atom. The Labute approximate surface area is 123 Å². The van der Waals surface area contributed by atoms with Crippen molar-refractivity contribution < 1.29 is 13.2 Å². The molecule has 8 heteroatoms. The predicted octanol–water partition coefficient (Wildman–Crippen LogP) is 0.235. The van der Waals surface area contributed by atoms with Crippen LogP contribution in [0.2, 0.25) is 0 Å². The summed E-state index contributed by atoms with van der Waals surface area (Å²) in [5.41, 5.74) is 0. The van der Waals surface area contributed by atoms with Crippen LogP contribution >= 0.6 is 11.3 Å². The fourth-order valence-corrected chi connectivity index (χ4v) is 4.38. The molecule has 1 aromatic heterocycles. The number of amides is 1. The van der Waals surface area contributed by atoms with Crippen LogP contribution in [-0.2, 0) is 14.8 Å². The van der Waals surface area contributed by atoms with E-state index in [1.807, 2.05) is 6.92 Å². The average molecular weight is 317 g/mol. The van der Waals surface area contributed by atoms with Crippen molar-refractivity contribution in [2.75, 3.05) is 19.6 Å². The first kappa shape index (κ1) is 15.4. The van der Waals surface area contributed by atoms with Crippen molar-refractivity contribution in [1.29, 1.82) is 0 Å². The first-order valence-electron chi connectivity index (χ1n) is 6.49. The fourth-order valence-electron chi connectivity index (χ4n) is 2.17. The van der Waals surface area contributed by atoms with Crippen LogP contribution in [-0.4, -0.2) is 50.9 Å². The molecule has 0 aromatic carbocycles. The number of nitrogens with zero attached hydrogens (tertiary/aromatic N) is 1. The van der Waals surface area contributed by atoms with Crippen LogP contribution in [0.1, 0.15) is 13.8 Å². The highest BCUT2D eigenvalue weighted by Gasteiger charge is 2.29. The minimum absolute atomic E-state index is 0.0740. The highest BCUT2D eigenvalue weighted by molar-refractivity contribution is 7.91. The van der Waals surface area contributed by atoms with Crippen LogP contribution < -0.4 is 10.0 Å². The molecule has 6 nitrogen and oxygen atoms in total. The molecule has 1 aromatic rings. The van der Waals surface area contributed by atoms with Gasteiger partial charge in [0.05, 0.1) is 6.04 Å². The van der Waals surface area contributed by atoms with Gasteiger partial charge in [-0.15, -0.1) is 11.3 Å². The first-order valence-corrected chi connectivity index (χ1v) is 8.85. The lowest BCUT2D eigenvalue weighted by molar-refractivity contribution is -0.135. The summed E-state index contributed by atoms with van der Waals surface area (Å²) < 4.78 is 26.9. The van der Waals surface area contributed by atoms with Crippen LogP contribution in [0, 0.1) is 0 Å². The molecule has 112 valence electrons. The number of rotatable bonds is 4. The second kappa shape index (κ2) is 6.21. The zero-order valence-electron chi connectivity index (χ0n) is 11.5. The Morgan fingerprint density at radius 2 is 2.35 bits per heavy atom. The number of carbonyl (C=O) groups is 1. The van der Waals surface area contributed by atoms with E-state index in [9.17, 15) is 13.2 Å². The van der Waals surface area contributed by atoms with E-state index in [0.29, 0.717) is 6.54 Å². The molecule has 1 aliphatic heterocycles. The minimum atomic E-state index is -3.61. The maximum atomic E-state index is 12.3. The molecule has 0 aliphatic carbocycles. The summed E-state index contributed by atoms with van der Waals surface area (Å²) in [4.78, 5) is 14.1. The Kier molecular flexibility index (Phi) is 4.79. The van der Waals surface area contributed by atoms with E-state index in [-0.39, 0.29) is 16.2 Å². The highest BCUT2D eigenvalue weighted by Crippen LogP contribution is 2.16. The van der Waals surface area contributed by atoms with E-state index in [4.69, 9.17) is 0 Å². The molecular formula is C12H19N3O3S2. The van der Waals surface area contributed by atoms with Crippen molar-refractivity contribution in [3.8, 4) is 0 Å². The van der Waals surface area contributed by atoms with E-state index < -0.39 is 16.1 Å². The Hall–Kier alpha value is -0.960. The normalized spacial score (nSPS) is 21.7. The number of thiophene rings is 1. The molecule has 0 spiro atoms. The van der Waals surface area contributed by atoms with Crippen molar-refractivity contribution >= 4 is 27.3 Å². The number of sulfonamides is 1. The van der Waals surface area contributed by atoms with Gasteiger partial charge in [-0.3, -0.25) is 4.79 Å². The van der Waals surface area contributed by atoms with Gasteiger partial charge >= 0.3 is 0 Å². The van der Waals surface area contributed by atoms with E-state index in [1.54, 1.807) is 23.3 Å². The van der Waals surface area contributed by atoms with Crippen LogP contribution in [0.25, 0.3) is 0 Å². The van der Waals surface area contributed by atoms with Crippen molar-refractivity contribution in [2.24, 2.45) is 0 Å². The number of hydrogen-bond donors (Lipinski definition) is 2. The maximum Gasteiger partial charge on any atom is 0.250 e. The van der Waals surface area contributed by atoms with Crippen LogP contribution in [0.3, 0.4) is 0 Å². The molecule has 2 atom stereocenters. The molecule has 0 bridgehead atoms. The van der Waals surface area contributed by atoms with Gasteiger partial charge in [0.1, 0.15) is 4.21 Å². The average Bonchev–Trinajstić information content (AvgIpc) is 2.92. The fraction of sp³-hybridized carbons (Fsp3) is 0.583. The summed E-state index contributed by atoms with van der Waals surface area (Å²) in [5.74, 6) is -0.181. The first-order chi connectivity index (χ1) is 9.42. The Morgan fingerprint density at radius 1 is 1.60 bits per heavy atom. The molecular weight excluding hydrogens is 298 g/mol. The quantitative estimate of drug-likeness (QED) is 0.833. The number of piperazine rings is 1. The van der Waals surface area contributed by atoms with Gasteiger partial charge < -0.3 is 10.2 Å². The number of hydrogen-bond acceptors (Lipinski definition) is 5. The van der Waals surface area contributed by atoms with E-state index in [2.05, 4.69) is 10.0 Å². The summed E-state index contributed by atoms with van der Waals surface area (Å²) >= 11 is 1.13. The lowest BCUT2D eigenvalue weighted by Gasteiger charge is -2.35. The van der Waals surface area contributed by atoms with Crippen molar-refractivity contribution in [3.05, 3.63) is 17.5 Å². The van der Waals surface area contributed by atoms with Gasteiger partial charge in [0.2, 0.25) is 5.91 Å². The highest BCUT2D eigenvalue weighted by atomic mass is 32.2. The molecule has 0 saturated carbocycles. The van der Waals surface area contributed by atoms with Gasteiger partial charge in [0, 0.05) is 25.7 Å². The monoisotopic (exact) mass is 317 g/mol. The zero-order valence-corrected chi connectivity index (χ0v) is 13.1. The molecule has 1 saturated heterocycles. The third kappa shape index (κ3) is 3.38. The number of carbonyl (C=O) groups excluding carboxylic acids is 1. The molecule has 0 radical (unpaired) electrons. The third-order valence-corrected chi connectivity index (χ3v) is 6.18. The largest absolute Gasteiger partial charge is 0.336 e. The van der Waals surface area contributed by atoms with E-state index >= 15 is 0 Å². The van der Waals surface area contributed by atoms with Crippen molar-refractivity contribution in [1.82, 2.24) is 14.9 Å². The summed E-state index contributed by atoms with van der Waals surface area (Å²) in [5, 5.41) is 4.89. The minimum Gasteiger partial charge on any atom is -0.336 e.